The van der Waals surface area contributed by atoms with Gasteiger partial charge in [0, 0.05) is 31.8 Å². The molecule has 0 aliphatic carbocycles. The maximum Gasteiger partial charge on any atom is 0.273 e. The van der Waals surface area contributed by atoms with Crippen LogP contribution in [0.15, 0.2) is 6.20 Å². The number of aromatic nitrogens is 2. The molecule has 0 saturated heterocycles. The molecular formula is C10H18N4O2. The molecule has 0 spiro atoms. The first-order chi connectivity index (χ1) is 7.35. The Morgan fingerprint density at radius 3 is 2.75 bits per heavy atom. The third-order valence-electron chi connectivity index (χ3n) is 2.23. The summed E-state index contributed by atoms with van der Waals surface area (Å²) in [5.41, 5.74) is 5.84. The number of anilines is 1. The summed E-state index contributed by atoms with van der Waals surface area (Å²) in [7, 11) is 1.70. The molecule has 4 N–H and O–H groups in total. The number of nitrogens with zero attached hydrogens (tertiary/aromatic N) is 2. The van der Waals surface area contributed by atoms with Crippen molar-refractivity contribution in [3.63, 3.8) is 0 Å². The summed E-state index contributed by atoms with van der Waals surface area (Å²) in [6.07, 6.45) is 1.58. The molecule has 0 unspecified atom stereocenters. The number of nitrogens with two attached hydrogens (primary N) is 1. The molecule has 0 aliphatic rings. The number of carbonyl (C=O) groups is 1. The van der Waals surface area contributed by atoms with E-state index in [1.807, 2.05) is 13.8 Å². The van der Waals surface area contributed by atoms with Crippen molar-refractivity contribution in [2.75, 3.05) is 18.9 Å². The maximum atomic E-state index is 11.7. The van der Waals surface area contributed by atoms with Crippen molar-refractivity contribution in [3.05, 3.63) is 11.9 Å². The molecule has 1 aromatic rings. The van der Waals surface area contributed by atoms with Crippen LogP contribution < -0.4 is 11.1 Å². The van der Waals surface area contributed by atoms with E-state index in [0.717, 1.165) is 0 Å². The van der Waals surface area contributed by atoms with Crippen molar-refractivity contribution < 1.29 is 9.90 Å². The van der Waals surface area contributed by atoms with Crippen molar-refractivity contribution >= 4 is 11.6 Å². The highest BCUT2D eigenvalue weighted by Crippen LogP contribution is 2.13. The van der Waals surface area contributed by atoms with Crippen molar-refractivity contribution in [2.45, 2.75) is 13.8 Å². The fourth-order valence-corrected chi connectivity index (χ4v) is 1.14. The van der Waals surface area contributed by atoms with Crippen LogP contribution in [0.4, 0.5) is 5.69 Å². The van der Waals surface area contributed by atoms with Crippen LogP contribution in [0.25, 0.3) is 0 Å². The minimum absolute atomic E-state index is 0.00494. The normalized spacial score (nSPS) is 11.5. The van der Waals surface area contributed by atoms with Gasteiger partial charge in [0.05, 0.1) is 5.69 Å². The van der Waals surface area contributed by atoms with Gasteiger partial charge in [-0.15, -0.1) is 0 Å². The van der Waals surface area contributed by atoms with E-state index in [1.54, 1.807) is 13.2 Å². The highest BCUT2D eigenvalue weighted by atomic mass is 16.3. The van der Waals surface area contributed by atoms with Crippen molar-refractivity contribution in [2.24, 2.45) is 12.5 Å². The Labute approximate surface area is 94.4 Å². The predicted molar refractivity (Wildman–Crippen MR) is 60.8 cm³/mol. The Morgan fingerprint density at radius 2 is 2.31 bits per heavy atom. The molecule has 90 valence electrons. The van der Waals surface area contributed by atoms with Crippen LogP contribution in [0.2, 0.25) is 0 Å². The number of carbonyl (C=O) groups excluding carboxylic acids is 1. The third-order valence-corrected chi connectivity index (χ3v) is 2.23. The Bertz CT molecular complexity index is 384. The molecule has 0 fully saturated rings. The summed E-state index contributed by atoms with van der Waals surface area (Å²) >= 11 is 0. The molecule has 0 saturated carbocycles. The van der Waals surface area contributed by atoms with Gasteiger partial charge in [-0.2, -0.15) is 5.10 Å². The molecule has 0 aromatic carbocycles. The fraction of sp³-hybridized carbons (Fsp3) is 0.600. The first kappa shape index (κ1) is 12.5. The quantitative estimate of drug-likeness (QED) is 0.660. The fourth-order valence-electron chi connectivity index (χ4n) is 1.14. The van der Waals surface area contributed by atoms with Gasteiger partial charge in [-0.1, -0.05) is 13.8 Å². The molecule has 0 radical (unpaired) electrons. The van der Waals surface area contributed by atoms with Gasteiger partial charge in [0.1, 0.15) is 0 Å². The largest absolute Gasteiger partial charge is 0.396 e. The first-order valence-corrected chi connectivity index (χ1v) is 5.04. The smallest absolute Gasteiger partial charge is 0.273 e. The summed E-state index contributed by atoms with van der Waals surface area (Å²) in [4.78, 5) is 11.7. The second kappa shape index (κ2) is 4.52. The molecule has 0 aliphatic heterocycles. The molecule has 1 heterocycles. The second-order valence-corrected chi connectivity index (χ2v) is 4.61. The molecule has 6 heteroatoms. The average Bonchev–Trinajstić information content (AvgIpc) is 2.54. The monoisotopic (exact) mass is 226 g/mol. The highest BCUT2D eigenvalue weighted by Gasteiger charge is 2.20. The van der Waals surface area contributed by atoms with E-state index in [0.29, 0.717) is 12.2 Å². The van der Waals surface area contributed by atoms with Gasteiger partial charge < -0.3 is 16.2 Å². The Morgan fingerprint density at radius 1 is 1.69 bits per heavy atom. The number of aliphatic hydroxyl groups excluding tert-OH is 1. The van der Waals surface area contributed by atoms with E-state index >= 15 is 0 Å². The SMILES string of the molecule is Cn1cc(N)c(C(=O)NCC(C)(C)CO)n1. The standard InChI is InChI=1S/C10H18N4O2/c1-10(2,6-15)5-12-9(16)8-7(11)4-14(3)13-8/h4,15H,5-6,11H2,1-3H3,(H,12,16). The molecule has 1 amide bonds. The number of nitrogens with one attached hydrogen (secondary N) is 1. The van der Waals surface area contributed by atoms with E-state index in [-0.39, 0.29) is 23.6 Å². The zero-order valence-electron chi connectivity index (χ0n) is 9.82. The molecular weight excluding hydrogens is 208 g/mol. The van der Waals surface area contributed by atoms with Crippen LogP contribution in [0.3, 0.4) is 0 Å². The summed E-state index contributed by atoms with van der Waals surface area (Å²) in [5.74, 6) is -0.320. The molecule has 0 bridgehead atoms. The number of hydrogen-bond donors (Lipinski definition) is 3. The molecule has 6 nitrogen and oxygen atoms in total. The van der Waals surface area contributed by atoms with Gasteiger partial charge >= 0.3 is 0 Å². The zero-order valence-corrected chi connectivity index (χ0v) is 9.82. The number of rotatable bonds is 4. The number of aryl methyl sites for hydroxylation is 1. The van der Waals surface area contributed by atoms with Crippen LogP contribution in [-0.4, -0.2) is 33.9 Å². The lowest BCUT2D eigenvalue weighted by atomic mass is 9.95. The van der Waals surface area contributed by atoms with E-state index in [4.69, 9.17) is 10.8 Å². The topological polar surface area (TPSA) is 93.2 Å². The second-order valence-electron chi connectivity index (χ2n) is 4.61. The Kier molecular flexibility index (Phi) is 3.54. The average molecular weight is 226 g/mol. The van der Waals surface area contributed by atoms with Crippen LogP contribution in [-0.2, 0) is 7.05 Å². The summed E-state index contributed by atoms with van der Waals surface area (Å²) in [6, 6.07) is 0. The summed E-state index contributed by atoms with van der Waals surface area (Å²) in [6.45, 7) is 4.09. The lowest BCUT2D eigenvalue weighted by Crippen LogP contribution is -2.36. The number of nitrogen functional groups attached to an aromatic ring is 1. The van der Waals surface area contributed by atoms with Crippen LogP contribution >= 0.6 is 0 Å². The number of amides is 1. The first-order valence-electron chi connectivity index (χ1n) is 5.04. The predicted octanol–water partition coefficient (Wildman–Crippen LogP) is -0.249. The van der Waals surface area contributed by atoms with Crippen molar-refractivity contribution in [3.8, 4) is 0 Å². The number of hydrogen-bond acceptors (Lipinski definition) is 4. The van der Waals surface area contributed by atoms with Crippen LogP contribution in [0.1, 0.15) is 24.3 Å². The third kappa shape index (κ3) is 2.96. The molecule has 1 aromatic heterocycles. The van der Waals surface area contributed by atoms with Gasteiger partial charge in [-0.25, -0.2) is 0 Å². The minimum Gasteiger partial charge on any atom is -0.396 e. The summed E-state index contributed by atoms with van der Waals surface area (Å²) < 4.78 is 1.49. The zero-order chi connectivity index (χ0) is 12.3. The van der Waals surface area contributed by atoms with E-state index in [2.05, 4.69) is 10.4 Å². The van der Waals surface area contributed by atoms with E-state index < -0.39 is 0 Å². The molecule has 0 atom stereocenters. The van der Waals surface area contributed by atoms with Crippen LogP contribution in [0.5, 0.6) is 0 Å². The molecule has 16 heavy (non-hydrogen) atoms. The highest BCUT2D eigenvalue weighted by molar-refractivity contribution is 5.96. The Balaban J connectivity index is 2.63. The lowest BCUT2D eigenvalue weighted by Gasteiger charge is -2.21. The maximum absolute atomic E-state index is 11.7. The van der Waals surface area contributed by atoms with Crippen LogP contribution in [0, 0.1) is 5.41 Å². The number of aliphatic hydroxyl groups is 1. The van der Waals surface area contributed by atoms with Gasteiger partial charge in [-0.3, -0.25) is 9.48 Å². The van der Waals surface area contributed by atoms with E-state index in [9.17, 15) is 4.79 Å². The van der Waals surface area contributed by atoms with Gasteiger partial charge in [0.15, 0.2) is 5.69 Å². The van der Waals surface area contributed by atoms with E-state index in [1.165, 1.54) is 4.68 Å². The van der Waals surface area contributed by atoms with Crippen molar-refractivity contribution in [1.29, 1.82) is 0 Å². The molecule has 1 rings (SSSR count). The van der Waals surface area contributed by atoms with Gasteiger partial charge in [0.2, 0.25) is 0 Å². The lowest BCUT2D eigenvalue weighted by molar-refractivity contribution is 0.0906. The Hall–Kier alpha value is -1.56. The van der Waals surface area contributed by atoms with Crippen molar-refractivity contribution in [1.82, 2.24) is 15.1 Å². The minimum atomic E-state index is -0.348. The van der Waals surface area contributed by atoms with Gasteiger partial charge in [-0.05, 0) is 0 Å². The van der Waals surface area contributed by atoms with Gasteiger partial charge in [0.25, 0.3) is 5.91 Å². The summed E-state index contributed by atoms with van der Waals surface area (Å²) in [5, 5.41) is 15.7.